The Kier molecular flexibility index (Phi) is 7.84. The molecule has 39 heavy (non-hydrogen) atoms. The van der Waals surface area contributed by atoms with Gasteiger partial charge in [0.2, 0.25) is 10.0 Å². The van der Waals surface area contributed by atoms with Crippen LogP contribution in [0.25, 0.3) is 5.57 Å². The number of benzene rings is 1. The van der Waals surface area contributed by atoms with Gasteiger partial charge in [-0.2, -0.15) is 5.10 Å². The molecule has 2 amide bonds. The van der Waals surface area contributed by atoms with E-state index in [4.69, 9.17) is 4.74 Å². The highest BCUT2D eigenvalue weighted by atomic mass is 32.2. The van der Waals surface area contributed by atoms with E-state index in [1.165, 1.54) is 25.7 Å². The van der Waals surface area contributed by atoms with Crippen molar-refractivity contribution >= 4 is 27.4 Å². The molecule has 3 aliphatic rings. The molecule has 0 saturated heterocycles. The summed E-state index contributed by atoms with van der Waals surface area (Å²) in [4.78, 5) is 26.7. The van der Waals surface area contributed by atoms with Gasteiger partial charge in [-0.3, -0.25) is 14.3 Å². The molecule has 1 aromatic carbocycles. The Labute approximate surface area is 230 Å². The van der Waals surface area contributed by atoms with Crippen LogP contribution in [0.4, 0.5) is 0 Å². The Hall–Kier alpha value is -3.14. The maximum atomic E-state index is 13.5. The van der Waals surface area contributed by atoms with Gasteiger partial charge in [0.25, 0.3) is 11.8 Å². The van der Waals surface area contributed by atoms with Crippen molar-refractivity contribution in [2.45, 2.75) is 89.0 Å². The van der Waals surface area contributed by atoms with Crippen molar-refractivity contribution in [3.05, 3.63) is 53.4 Å². The zero-order valence-corrected chi connectivity index (χ0v) is 23.6. The second-order valence-electron chi connectivity index (χ2n) is 11.3. The maximum absolute atomic E-state index is 13.5. The minimum Gasteiger partial charge on any atom is -0.494 e. The number of rotatable bonds is 13. The quantitative estimate of drug-likeness (QED) is 0.285. The molecule has 2 N–H and O–H groups in total. The minimum atomic E-state index is -3.82. The highest BCUT2D eigenvalue weighted by Gasteiger charge is 2.43. The second kappa shape index (κ2) is 11.2. The van der Waals surface area contributed by atoms with Gasteiger partial charge in [-0.1, -0.05) is 38.3 Å². The van der Waals surface area contributed by atoms with Crippen LogP contribution < -0.4 is 14.8 Å². The molecule has 1 unspecified atom stereocenters. The maximum Gasteiger partial charge on any atom is 0.270 e. The van der Waals surface area contributed by atoms with E-state index in [-0.39, 0.29) is 12.0 Å². The first-order valence-electron chi connectivity index (χ1n) is 14.1. The van der Waals surface area contributed by atoms with Gasteiger partial charge in [0.05, 0.1) is 23.1 Å². The number of carbonyl (C=O) groups excluding carboxylic acids is 2. The van der Waals surface area contributed by atoms with Crippen LogP contribution in [0.15, 0.2) is 42.1 Å². The van der Waals surface area contributed by atoms with Crippen LogP contribution in [-0.4, -0.2) is 41.9 Å². The van der Waals surface area contributed by atoms with Crippen LogP contribution in [0.1, 0.15) is 82.9 Å². The number of sulfonamides is 1. The molecule has 0 radical (unpaired) electrons. The number of amides is 2. The average molecular weight is 555 g/mol. The van der Waals surface area contributed by atoms with Gasteiger partial charge in [0.1, 0.15) is 11.3 Å². The lowest BCUT2D eigenvalue weighted by Gasteiger charge is -2.37. The number of unbranched alkanes of at least 4 members (excludes halogenated alkanes) is 3. The van der Waals surface area contributed by atoms with E-state index >= 15 is 0 Å². The molecule has 2 heterocycles. The molecule has 9 nitrogen and oxygen atoms in total. The van der Waals surface area contributed by atoms with E-state index in [1.807, 2.05) is 42.1 Å². The number of hydrogen-bond acceptors (Lipinski definition) is 6. The molecular weight excluding hydrogens is 516 g/mol. The van der Waals surface area contributed by atoms with Crippen molar-refractivity contribution in [2.75, 3.05) is 6.61 Å². The van der Waals surface area contributed by atoms with E-state index in [0.29, 0.717) is 36.6 Å². The van der Waals surface area contributed by atoms with Gasteiger partial charge >= 0.3 is 0 Å². The van der Waals surface area contributed by atoms with Crippen LogP contribution in [-0.2, 0) is 31.7 Å². The lowest BCUT2D eigenvalue weighted by Crippen LogP contribution is -2.51. The van der Waals surface area contributed by atoms with Gasteiger partial charge < -0.3 is 10.1 Å². The molecule has 2 saturated carbocycles. The third-order valence-electron chi connectivity index (χ3n) is 7.72. The van der Waals surface area contributed by atoms with Crippen LogP contribution in [0.2, 0.25) is 0 Å². The predicted molar refractivity (Wildman–Crippen MR) is 148 cm³/mol. The van der Waals surface area contributed by atoms with Crippen LogP contribution in [0.3, 0.4) is 0 Å². The molecule has 2 aromatic rings. The predicted octanol–water partition coefficient (Wildman–Crippen LogP) is 4.05. The minimum absolute atomic E-state index is 0.194. The summed E-state index contributed by atoms with van der Waals surface area (Å²) in [5.74, 6) is -0.151. The zero-order chi connectivity index (χ0) is 27.6. The third-order valence-corrected chi connectivity index (χ3v) is 9.54. The summed E-state index contributed by atoms with van der Waals surface area (Å²) in [5.41, 5.74) is 0.786. The fourth-order valence-electron chi connectivity index (χ4n) is 5.04. The van der Waals surface area contributed by atoms with Gasteiger partial charge in [-0.25, -0.2) is 13.1 Å². The summed E-state index contributed by atoms with van der Waals surface area (Å²) in [7, 11) is -3.82. The van der Waals surface area contributed by atoms with Crippen molar-refractivity contribution in [2.24, 2.45) is 5.92 Å². The summed E-state index contributed by atoms with van der Waals surface area (Å²) in [6.45, 7) is 5.53. The molecule has 5 rings (SSSR count). The fraction of sp³-hybridized carbons (Fsp3) is 0.552. The highest BCUT2D eigenvalue weighted by Crippen LogP contribution is 2.39. The lowest BCUT2D eigenvalue weighted by molar-refractivity contribution is -0.124. The molecule has 0 spiro atoms. The van der Waals surface area contributed by atoms with E-state index in [1.54, 1.807) is 6.07 Å². The number of ether oxygens (including phenoxy) is 1. The Morgan fingerprint density at radius 3 is 2.54 bits per heavy atom. The summed E-state index contributed by atoms with van der Waals surface area (Å²) >= 11 is 0. The second-order valence-corrected chi connectivity index (χ2v) is 13.3. The van der Waals surface area contributed by atoms with Crippen molar-refractivity contribution in [1.82, 2.24) is 19.8 Å². The molecule has 2 fully saturated rings. The van der Waals surface area contributed by atoms with Gasteiger partial charge in [-0.05, 0) is 68.7 Å². The van der Waals surface area contributed by atoms with Crippen molar-refractivity contribution in [1.29, 1.82) is 0 Å². The van der Waals surface area contributed by atoms with Crippen molar-refractivity contribution in [3.8, 4) is 5.75 Å². The van der Waals surface area contributed by atoms with E-state index in [9.17, 15) is 18.0 Å². The Bertz CT molecular complexity index is 1360. The Morgan fingerprint density at radius 2 is 1.87 bits per heavy atom. The molecule has 210 valence electrons. The van der Waals surface area contributed by atoms with Gasteiger partial charge in [-0.15, -0.1) is 0 Å². The number of hydrogen-bond donors (Lipinski definition) is 2. The van der Waals surface area contributed by atoms with Crippen molar-refractivity contribution in [3.63, 3.8) is 0 Å². The number of aromatic nitrogens is 2. The number of carbonyl (C=O) groups is 2. The molecule has 1 aliphatic heterocycles. The summed E-state index contributed by atoms with van der Waals surface area (Å²) in [6, 6.07) is 9.44. The Morgan fingerprint density at radius 1 is 1.13 bits per heavy atom. The zero-order valence-electron chi connectivity index (χ0n) is 22.7. The lowest BCUT2D eigenvalue weighted by atomic mass is 9.79. The summed E-state index contributed by atoms with van der Waals surface area (Å²) in [5, 5.41) is 7.08. The highest BCUT2D eigenvalue weighted by molar-refractivity contribution is 7.91. The SMILES string of the molecule is CCCCCCOc1ccc(C2(C)CC(c3ccn(CC4CC4)n3)=C(C(=O)NS(=O)(=O)C3CC3)C(=O)N2)cc1. The van der Waals surface area contributed by atoms with E-state index in [2.05, 4.69) is 22.1 Å². The molecular formula is C29H38N4O5S. The molecule has 10 heteroatoms. The van der Waals surface area contributed by atoms with Gasteiger partial charge in [0.15, 0.2) is 0 Å². The molecule has 2 aliphatic carbocycles. The van der Waals surface area contributed by atoms with Crippen LogP contribution >= 0.6 is 0 Å². The average Bonchev–Trinajstić information content (AvgIpc) is 3.82. The largest absolute Gasteiger partial charge is 0.494 e. The molecule has 0 bridgehead atoms. The first-order valence-corrected chi connectivity index (χ1v) is 15.6. The first-order chi connectivity index (χ1) is 18.7. The van der Waals surface area contributed by atoms with E-state index < -0.39 is 32.6 Å². The molecule has 1 aromatic heterocycles. The topological polar surface area (TPSA) is 119 Å². The van der Waals surface area contributed by atoms with Crippen LogP contribution in [0, 0.1) is 5.92 Å². The summed E-state index contributed by atoms with van der Waals surface area (Å²) < 4.78 is 34.9. The normalized spacial score (nSPS) is 21.5. The number of nitrogens with one attached hydrogen (secondary N) is 2. The first kappa shape index (κ1) is 27.4. The van der Waals surface area contributed by atoms with Gasteiger partial charge in [0, 0.05) is 24.7 Å². The fourth-order valence-corrected chi connectivity index (χ4v) is 6.32. The summed E-state index contributed by atoms with van der Waals surface area (Å²) in [6.07, 6.45) is 10.0. The standard InChI is InChI=1S/C29H38N4O5S/c1-3-4-5-6-17-38-22-11-9-21(10-12-22)29(2)18-24(25-15-16-33(31-25)19-20-7-8-20)26(27(34)30-29)28(35)32-39(36,37)23-13-14-23/h9-12,15-16,20,23H,3-8,13-14,17-19H2,1-2H3,(H,30,34)(H,32,35). The van der Waals surface area contributed by atoms with Crippen LogP contribution in [0.5, 0.6) is 5.75 Å². The Balaban J connectivity index is 1.40. The van der Waals surface area contributed by atoms with E-state index in [0.717, 1.165) is 30.7 Å². The third kappa shape index (κ3) is 6.54. The molecule has 1 atom stereocenters. The smallest absolute Gasteiger partial charge is 0.270 e. The number of nitrogens with zero attached hydrogens (tertiary/aromatic N) is 2. The van der Waals surface area contributed by atoms with Crippen molar-refractivity contribution < 1.29 is 22.7 Å². The monoisotopic (exact) mass is 554 g/mol.